The molecular formula is C20H22. The highest BCUT2D eigenvalue weighted by molar-refractivity contribution is 5.27. The van der Waals surface area contributed by atoms with Crippen molar-refractivity contribution in [1.82, 2.24) is 0 Å². The third kappa shape index (κ3) is 3.60. The molecule has 0 aliphatic heterocycles. The molecule has 0 spiro atoms. The van der Waals surface area contributed by atoms with Crippen LogP contribution in [0.3, 0.4) is 0 Å². The highest BCUT2D eigenvalue weighted by Crippen LogP contribution is 2.13. The molecule has 0 unspecified atom stereocenters. The zero-order chi connectivity index (χ0) is 13.6. The van der Waals surface area contributed by atoms with E-state index in [2.05, 4.69) is 60.7 Å². The van der Waals surface area contributed by atoms with E-state index in [0.717, 1.165) is 12.8 Å². The molecule has 0 saturated heterocycles. The molecule has 0 heterocycles. The second kappa shape index (κ2) is 6.56. The number of benzene rings is 2. The minimum absolute atomic E-state index is 1.04. The Kier molecular flexibility index (Phi) is 4.32. The molecule has 102 valence electrons. The molecule has 4 aliphatic carbocycles. The van der Waals surface area contributed by atoms with Gasteiger partial charge < -0.3 is 0 Å². The molecule has 0 atom stereocenters. The van der Waals surface area contributed by atoms with Gasteiger partial charge in [0.1, 0.15) is 0 Å². The van der Waals surface area contributed by atoms with Gasteiger partial charge in [0.15, 0.2) is 0 Å². The summed E-state index contributed by atoms with van der Waals surface area (Å²) >= 11 is 0. The molecule has 2 aromatic carbocycles. The maximum Gasteiger partial charge on any atom is -0.00973 e. The van der Waals surface area contributed by atoms with Crippen molar-refractivity contribution in [2.45, 2.75) is 38.5 Å². The molecule has 0 N–H and O–H groups in total. The fourth-order valence-electron chi connectivity index (χ4n) is 2.78. The van der Waals surface area contributed by atoms with Crippen LogP contribution in [-0.4, -0.2) is 0 Å². The van der Waals surface area contributed by atoms with Crippen LogP contribution in [0.15, 0.2) is 60.7 Å². The SMILES string of the molecule is C1=C\Cc2ccc(cc2)CCCCc2ccc(cc2)C/1. The molecule has 0 saturated carbocycles. The predicted molar refractivity (Wildman–Crippen MR) is 86.1 cm³/mol. The number of hydrogen-bond acceptors (Lipinski definition) is 0. The van der Waals surface area contributed by atoms with Gasteiger partial charge in [0.25, 0.3) is 0 Å². The highest BCUT2D eigenvalue weighted by atomic mass is 14.0. The Morgan fingerprint density at radius 3 is 1.20 bits per heavy atom. The maximum atomic E-state index is 2.29. The Morgan fingerprint density at radius 2 is 0.800 bits per heavy atom. The average Bonchev–Trinajstić information content (AvgIpc) is 2.49. The topological polar surface area (TPSA) is 0 Å². The van der Waals surface area contributed by atoms with E-state index < -0.39 is 0 Å². The summed E-state index contributed by atoms with van der Waals surface area (Å²) in [6.07, 6.45) is 11.6. The molecule has 0 amide bonds. The molecular weight excluding hydrogens is 240 g/mol. The van der Waals surface area contributed by atoms with Gasteiger partial charge in [-0.25, -0.2) is 0 Å². The third-order valence-corrected chi connectivity index (χ3v) is 4.10. The van der Waals surface area contributed by atoms with E-state index in [-0.39, 0.29) is 0 Å². The number of hydrogen-bond donors (Lipinski definition) is 0. The van der Waals surface area contributed by atoms with Gasteiger partial charge >= 0.3 is 0 Å². The minimum atomic E-state index is 1.04. The van der Waals surface area contributed by atoms with Crippen LogP contribution < -0.4 is 0 Å². The fourth-order valence-corrected chi connectivity index (χ4v) is 2.78. The summed E-state index contributed by atoms with van der Waals surface area (Å²) in [7, 11) is 0. The van der Waals surface area contributed by atoms with Gasteiger partial charge in [-0.3, -0.25) is 0 Å². The summed E-state index contributed by atoms with van der Waals surface area (Å²) in [4.78, 5) is 0. The summed E-state index contributed by atoms with van der Waals surface area (Å²) in [6.45, 7) is 0. The Hall–Kier alpha value is -1.82. The molecule has 6 rings (SSSR count). The van der Waals surface area contributed by atoms with E-state index in [1.54, 1.807) is 0 Å². The van der Waals surface area contributed by atoms with E-state index >= 15 is 0 Å². The monoisotopic (exact) mass is 262 g/mol. The van der Waals surface area contributed by atoms with Crippen LogP contribution in [0.2, 0.25) is 0 Å². The lowest BCUT2D eigenvalue weighted by Crippen LogP contribution is -1.92. The van der Waals surface area contributed by atoms with Crippen LogP contribution in [0.4, 0.5) is 0 Å². The molecule has 4 bridgehead atoms. The van der Waals surface area contributed by atoms with E-state index in [9.17, 15) is 0 Å². The van der Waals surface area contributed by atoms with Crippen molar-refractivity contribution in [3.8, 4) is 0 Å². The molecule has 2 aromatic rings. The van der Waals surface area contributed by atoms with Crippen LogP contribution in [0, 0.1) is 0 Å². The van der Waals surface area contributed by atoms with Crippen LogP contribution in [0.25, 0.3) is 0 Å². The second-order valence-corrected chi connectivity index (χ2v) is 5.72. The fraction of sp³-hybridized carbons (Fsp3) is 0.300. The van der Waals surface area contributed by atoms with Gasteiger partial charge in [0.2, 0.25) is 0 Å². The summed E-state index contributed by atoms with van der Waals surface area (Å²) in [6, 6.07) is 18.3. The molecule has 0 nitrogen and oxygen atoms in total. The lowest BCUT2D eigenvalue weighted by Gasteiger charge is -2.06. The Bertz CT molecular complexity index is 504. The molecule has 0 heteroatoms. The highest BCUT2D eigenvalue weighted by Gasteiger charge is 1.98. The van der Waals surface area contributed by atoms with Crippen molar-refractivity contribution < 1.29 is 0 Å². The predicted octanol–water partition coefficient (Wildman–Crippen LogP) is 4.91. The van der Waals surface area contributed by atoms with E-state index in [4.69, 9.17) is 0 Å². The molecule has 20 heavy (non-hydrogen) atoms. The second-order valence-electron chi connectivity index (χ2n) is 5.72. The summed E-state index contributed by atoms with van der Waals surface area (Å²) in [5, 5.41) is 0. The number of aryl methyl sites for hydroxylation is 2. The zero-order valence-electron chi connectivity index (χ0n) is 12.0. The quantitative estimate of drug-likeness (QED) is 0.592. The standard InChI is InChI=1S/C20H22/c1-2-6-18-13-15-20(16-14-18)8-4-3-7-19-11-9-17(5-1)10-12-19/h1-2,9-16H,3-8H2/b2-1-. The first-order valence-electron chi connectivity index (χ1n) is 7.71. The lowest BCUT2D eigenvalue weighted by atomic mass is 10.00. The first-order chi connectivity index (χ1) is 9.90. The number of allylic oxidation sites excluding steroid dienone is 2. The van der Waals surface area contributed by atoms with Crippen LogP contribution in [0.5, 0.6) is 0 Å². The number of rotatable bonds is 0. The van der Waals surface area contributed by atoms with Crippen molar-refractivity contribution in [2.75, 3.05) is 0 Å². The molecule has 0 fully saturated rings. The van der Waals surface area contributed by atoms with Crippen LogP contribution >= 0.6 is 0 Å². The van der Waals surface area contributed by atoms with Crippen molar-refractivity contribution in [1.29, 1.82) is 0 Å². The minimum Gasteiger partial charge on any atom is -0.0838 e. The van der Waals surface area contributed by atoms with Crippen LogP contribution in [0.1, 0.15) is 35.1 Å². The van der Waals surface area contributed by atoms with Crippen molar-refractivity contribution in [3.63, 3.8) is 0 Å². The van der Waals surface area contributed by atoms with Crippen LogP contribution in [-0.2, 0) is 25.7 Å². The van der Waals surface area contributed by atoms with Crippen molar-refractivity contribution in [2.24, 2.45) is 0 Å². The summed E-state index contributed by atoms with van der Waals surface area (Å²) in [5.41, 5.74) is 5.76. The lowest BCUT2D eigenvalue weighted by molar-refractivity contribution is 0.734. The smallest absolute Gasteiger partial charge is 0.00973 e. The molecule has 0 radical (unpaired) electrons. The largest absolute Gasteiger partial charge is 0.0838 e. The van der Waals surface area contributed by atoms with E-state index in [0.29, 0.717) is 0 Å². The third-order valence-electron chi connectivity index (χ3n) is 4.10. The normalized spacial score (nSPS) is 17.2. The Balaban J connectivity index is 1.78. The summed E-state index contributed by atoms with van der Waals surface area (Å²) in [5.74, 6) is 0. The first-order valence-corrected chi connectivity index (χ1v) is 7.71. The average molecular weight is 262 g/mol. The van der Waals surface area contributed by atoms with Gasteiger partial charge in [-0.15, -0.1) is 0 Å². The van der Waals surface area contributed by atoms with Gasteiger partial charge in [0, 0.05) is 0 Å². The van der Waals surface area contributed by atoms with Gasteiger partial charge in [-0.1, -0.05) is 60.7 Å². The van der Waals surface area contributed by atoms with Gasteiger partial charge in [0.05, 0.1) is 0 Å². The molecule has 0 aromatic heterocycles. The van der Waals surface area contributed by atoms with Crippen molar-refractivity contribution in [3.05, 3.63) is 82.9 Å². The van der Waals surface area contributed by atoms with E-state index in [1.165, 1.54) is 47.9 Å². The van der Waals surface area contributed by atoms with E-state index in [1.807, 2.05) is 0 Å². The Labute approximate surface area is 122 Å². The first kappa shape index (κ1) is 13.2. The van der Waals surface area contributed by atoms with Gasteiger partial charge in [-0.2, -0.15) is 0 Å². The Morgan fingerprint density at radius 1 is 0.450 bits per heavy atom. The molecule has 4 aliphatic rings. The van der Waals surface area contributed by atoms with Crippen molar-refractivity contribution >= 4 is 0 Å². The zero-order valence-corrected chi connectivity index (χ0v) is 12.0. The summed E-state index contributed by atoms with van der Waals surface area (Å²) < 4.78 is 0. The van der Waals surface area contributed by atoms with Gasteiger partial charge in [-0.05, 0) is 60.8 Å². The maximum absolute atomic E-state index is 2.29.